The maximum absolute atomic E-state index is 13.4. The van der Waals surface area contributed by atoms with Crippen LogP contribution in [0.25, 0.3) is 0 Å². The van der Waals surface area contributed by atoms with Gasteiger partial charge < -0.3 is 279 Å². The zero-order valence-corrected chi connectivity index (χ0v) is 75.5. The predicted octanol–water partition coefficient (Wildman–Crippen LogP) is -24.1. The highest BCUT2D eigenvalue weighted by Crippen LogP contribution is 2.42. The molecule has 0 aromatic rings. The van der Waals surface area contributed by atoms with Crippen molar-refractivity contribution in [2.45, 2.75) is 379 Å². The Kier molecular flexibility index (Phi) is 41.7. The molecule has 0 aliphatic carbocycles. The summed E-state index contributed by atoms with van der Waals surface area (Å²) in [5.74, 6) is -5.74. The van der Waals surface area contributed by atoms with Gasteiger partial charge in [0, 0.05) is 41.5 Å². The quantitative estimate of drug-likeness (QED) is 0.0275. The van der Waals surface area contributed by atoms with Crippen LogP contribution < -0.4 is 31.9 Å². The van der Waals surface area contributed by atoms with E-state index in [0.717, 1.165) is 41.5 Å². The van der Waals surface area contributed by atoms with Gasteiger partial charge in [-0.3, -0.25) is 28.8 Å². The Morgan fingerprint density at radius 3 is 0.764 bits per heavy atom. The van der Waals surface area contributed by atoms with Gasteiger partial charge in [0.25, 0.3) is 0 Å². The molecule has 0 aromatic heterocycles. The van der Waals surface area contributed by atoms with Crippen LogP contribution in [0.3, 0.4) is 0 Å². The third kappa shape index (κ3) is 25.8. The van der Waals surface area contributed by atoms with Gasteiger partial charge in [0.2, 0.25) is 35.4 Å². The van der Waals surface area contributed by atoms with E-state index < -0.39 is 446 Å². The van der Waals surface area contributed by atoms with Crippen molar-refractivity contribution in [2.24, 2.45) is 0 Å². The average Bonchev–Trinajstić information content (AvgIpc) is 0.757. The molecule has 11 rings (SSSR count). The average molecular weight is 2050 g/mol. The normalized spacial score (nSPS) is 48.1. The van der Waals surface area contributed by atoms with E-state index in [1.54, 1.807) is 0 Å². The third-order valence-electron chi connectivity index (χ3n) is 25.4. The first kappa shape index (κ1) is 115. The molecule has 35 N–H and O–H groups in total. The van der Waals surface area contributed by atoms with Gasteiger partial charge in [-0.2, -0.15) is 0 Å². The topological polar surface area (TPSA) is 955 Å². The van der Waals surface area contributed by atoms with Gasteiger partial charge in [0.15, 0.2) is 69.2 Å². The van der Waals surface area contributed by atoms with Crippen LogP contribution in [-0.4, -0.2) is 594 Å². The molecular weight excluding hydrogens is 1920 g/mol. The fraction of sp³-hybridized carbons (Fsp3) is 0.923. The zero-order valence-electron chi connectivity index (χ0n) is 75.5. The number of aliphatic hydroxyl groups is 29. The van der Waals surface area contributed by atoms with Crippen LogP contribution >= 0.6 is 0 Å². The monoisotopic (exact) mass is 2050 g/mol. The lowest BCUT2D eigenvalue weighted by Gasteiger charge is -2.52. The van der Waals surface area contributed by atoms with Crippen molar-refractivity contribution >= 4 is 35.4 Å². The Labute approximate surface area is 792 Å². The van der Waals surface area contributed by atoms with Gasteiger partial charge in [-0.25, -0.2) is 0 Å². The first-order chi connectivity index (χ1) is 66.2. The van der Waals surface area contributed by atoms with Crippen LogP contribution in [-0.2, 0) is 128 Å². The summed E-state index contributed by atoms with van der Waals surface area (Å²) in [5.41, 5.74) is 0. The van der Waals surface area contributed by atoms with Crippen molar-refractivity contribution in [3.8, 4) is 0 Å². The molecule has 6 amide bonds. The fourth-order valence-corrected chi connectivity index (χ4v) is 18.1. The zero-order chi connectivity index (χ0) is 103. The second-order valence-corrected chi connectivity index (χ2v) is 35.3. The Hall–Kier alpha value is -5.18. The molecule has 140 heavy (non-hydrogen) atoms. The molecule has 0 aromatic carbocycles. The van der Waals surface area contributed by atoms with Crippen LogP contribution in [0.15, 0.2) is 0 Å². The minimum Gasteiger partial charge on any atom is -0.394 e. The molecule has 62 nitrogen and oxygen atoms in total. The molecule has 62 heteroatoms. The van der Waals surface area contributed by atoms with Crippen molar-refractivity contribution in [1.82, 2.24) is 31.9 Å². The summed E-state index contributed by atoms with van der Waals surface area (Å²) in [6, 6.07) is -11.6. The largest absolute Gasteiger partial charge is 0.394 e. The second kappa shape index (κ2) is 50.7. The SMILES string of the molecule is CC(=O)N[C@@H]1[C@@H](O)[C@H](O[C@@H]2O[C@H](CO)[C@@H](O[C@@H]3O[C@H](CO[C@H]4O[C@H](CO[C@@H]5O[C@H](CO)[C@@H](O)[C@H](O)[C@H]5NC(C)=O)[C@@H](O)[C@H](O)[C@@H]4O[C@@H]4O[C@H](CO)[C@@H](O[C@@H]5O[C@H](CO)[C@H](O)[C@H](O)[C@H]5O)[C@H](O)[C@H]4NC(C)=O)[C@@H](O)[C@H](O[C@H]4O[C@H](CO)[C@@H](O[C@@H]5O[C@H](CO)[C@@H](O)[C@H](O)[C@H]5NC(C)=O)[C@H](O)[C@@H]4O[C@@H]4O[C@H](CO)[C@@H](O[C@@H]5O[C@H](CO)[C@H](O)[C@H](O)[C@H]5O)[C@H](O)[C@H]4NC(C)=O)[C@@H]3O)[C@H](O)[C@H]2NC(C)=O)[C@@H](CO)O[C@H]1O. The van der Waals surface area contributed by atoms with Gasteiger partial charge in [-0.1, -0.05) is 0 Å². The van der Waals surface area contributed by atoms with Gasteiger partial charge in [0.05, 0.1) is 72.7 Å². The van der Waals surface area contributed by atoms with Gasteiger partial charge in [-0.15, -0.1) is 0 Å². The standard InChI is InChI=1S/C78H130N6O56/c1-18(94)79-35-49(108)60(28(11-89)122-68(35)119)133-71-38(82-21(4)97)50(109)63(31(14-92)127-71)137-76-59(118)65(138-78-67(58(117)64(32(15-93)130-78)134-70-37(81-20(3)96)48(107)42(101)25(8-86)124-70)140-73-40(84-23(6)99)52(111)62(30(13-91)129-73)136-75-57(116)54(113)44(103)27(10-88)126-75)46(105)34(131-76)17-121-77-66(55(114)45(104)33(132-77)16-120-69-36(80-19(2)95)47(106)41(100)24(7-85)123-69)139-72-39(83-22(5)98)51(110)61(29(12-90)128-72)135-74-56(115)53(112)43(102)26(9-87)125-74/h24-78,85-93,100-119H,7-17H2,1-6H3,(H,79,94)(H,80,95)(H,81,96)(H,82,97)(H,83,98)(H,84,99)/t24-,25-,26-,27-,28-,29-,30-,31-,32-,33-,34-,35-,36-,37-,38-,39-,40-,41-,42-,43+,44+,45-,46-,47-,48-,49-,50-,51-,52-,53+,54+,55+,56-,57-,58+,59+,60-,61-,62-,63-,64-,65+,66+,67+,68-,69-,70+,71+,72+,73+,74+,75+,76+,77+,78-/m1/s1. The smallest absolute Gasteiger partial charge is 0.217 e. The summed E-state index contributed by atoms with van der Waals surface area (Å²) in [6.45, 7) is -7.31. The van der Waals surface area contributed by atoms with Gasteiger partial charge in [0.1, 0.15) is 268 Å². The number of aliphatic hydroxyl groups excluding tert-OH is 29. The minimum absolute atomic E-state index is 0.838. The van der Waals surface area contributed by atoms with Crippen molar-refractivity contribution in [3.05, 3.63) is 0 Å². The highest BCUT2D eigenvalue weighted by Gasteiger charge is 2.63. The van der Waals surface area contributed by atoms with E-state index >= 15 is 0 Å². The lowest BCUT2D eigenvalue weighted by Crippen LogP contribution is -2.71. The lowest BCUT2D eigenvalue weighted by molar-refractivity contribution is -0.405. The number of rotatable bonds is 37. The minimum atomic E-state index is -2.78. The third-order valence-corrected chi connectivity index (χ3v) is 25.4. The molecule has 0 radical (unpaired) electrons. The number of nitrogens with one attached hydrogen (secondary N) is 6. The van der Waals surface area contributed by atoms with E-state index in [1.807, 2.05) is 0 Å². The molecule has 0 bridgehead atoms. The predicted molar refractivity (Wildman–Crippen MR) is 432 cm³/mol. The molecule has 55 atom stereocenters. The van der Waals surface area contributed by atoms with Crippen LogP contribution in [0.5, 0.6) is 0 Å². The Bertz CT molecular complexity index is 3920. The van der Waals surface area contributed by atoms with Crippen molar-refractivity contribution in [1.29, 1.82) is 0 Å². The Morgan fingerprint density at radius 2 is 0.407 bits per heavy atom. The van der Waals surface area contributed by atoms with Crippen LogP contribution in [0.1, 0.15) is 41.5 Å². The van der Waals surface area contributed by atoms with Crippen molar-refractivity contribution in [2.75, 3.05) is 72.7 Å². The number of amides is 6. The summed E-state index contributed by atoms with van der Waals surface area (Å²) < 4.78 is 127. The summed E-state index contributed by atoms with van der Waals surface area (Å²) in [6.07, 6.45) is -107. The van der Waals surface area contributed by atoms with E-state index in [1.165, 1.54) is 0 Å². The van der Waals surface area contributed by atoms with Gasteiger partial charge in [-0.05, 0) is 0 Å². The molecule has 0 unspecified atom stereocenters. The molecule has 11 aliphatic rings. The molecule has 0 saturated carbocycles. The lowest BCUT2D eigenvalue weighted by atomic mass is 9.93. The van der Waals surface area contributed by atoms with Crippen LogP contribution in [0.4, 0.5) is 0 Å². The van der Waals surface area contributed by atoms with E-state index in [9.17, 15) is 177 Å². The molecule has 11 heterocycles. The van der Waals surface area contributed by atoms with Crippen LogP contribution in [0.2, 0.25) is 0 Å². The van der Waals surface area contributed by atoms with Crippen molar-refractivity contribution < 1.29 is 276 Å². The number of hydrogen-bond donors (Lipinski definition) is 35. The van der Waals surface area contributed by atoms with E-state index in [-0.39, 0.29) is 0 Å². The molecular formula is C78H130N6O56. The van der Waals surface area contributed by atoms with E-state index in [4.69, 9.17) is 99.5 Å². The maximum Gasteiger partial charge on any atom is 0.217 e. The van der Waals surface area contributed by atoms with E-state index in [2.05, 4.69) is 31.9 Å². The van der Waals surface area contributed by atoms with Gasteiger partial charge >= 0.3 is 0 Å². The van der Waals surface area contributed by atoms with Crippen LogP contribution in [0, 0.1) is 0 Å². The highest BCUT2D eigenvalue weighted by atomic mass is 16.8. The first-order valence-electron chi connectivity index (χ1n) is 44.6. The summed E-state index contributed by atoms with van der Waals surface area (Å²) in [4.78, 5) is 77.7. The first-order valence-corrected chi connectivity index (χ1v) is 44.6. The summed E-state index contributed by atoms with van der Waals surface area (Å²) in [7, 11) is 0. The molecule has 808 valence electrons. The second-order valence-electron chi connectivity index (χ2n) is 35.3. The Balaban J connectivity index is 1.01. The molecule has 11 fully saturated rings. The number of carbonyl (C=O) groups excluding carboxylic acids is 6. The summed E-state index contributed by atoms with van der Waals surface area (Å²) >= 11 is 0. The Morgan fingerprint density at radius 1 is 0.186 bits per heavy atom. The molecule has 11 aliphatic heterocycles. The maximum atomic E-state index is 13.4. The number of ether oxygens (including phenoxy) is 21. The molecule has 0 spiro atoms. The highest BCUT2D eigenvalue weighted by molar-refractivity contribution is 5.75. The number of carbonyl (C=O) groups is 6. The van der Waals surface area contributed by atoms with Crippen molar-refractivity contribution in [3.63, 3.8) is 0 Å². The fourth-order valence-electron chi connectivity index (χ4n) is 18.1. The number of hydrogen-bond acceptors (Lipinski definition) is 56. The summed E-state index contributed by atoms with van der Waals surface area (Å²) in [5, 5.41) is 343. The van der Waals surface area contributed by atoms with E-state index in [0.29, 0.717) is 0 Å². The molecule has 11 saturated heterocycles.